The van der Waals surface area contributed by atoms with Crippen LogP contribution in [0.25, 0.3) is 0 Å². The van der Waals surface area contributed by atoms with Crippen LogP contribution in [0.5, 0.6) is 0 Å². The number of amides is 1. The predicted molar refractivity (Wildman–Crippen MR) is 119 cm³/mol. The molecule has 0 saturated carbocycles. The van der Waals surface area contributed by atoms with Crippen LogP contribution < -0.4 is 10.2 Å². The number of hydrogen-bond acceptors (Lipinski definition) is 6. The number of hydrogen-bond donors (Lipinski definition) is 1. The van der Waals surface area contributed by atoms with Crippen molar-refractivity contribution in [2.45, 2.75) is 39.0 Å². The standard InChI is InChI=1S/C23H27N3O5/c1-2-3-15-31-23(28)17-7-10-19(11-8-17)24-22(27)18-9-12-20(21(16-18)26(29)30)25-13-5-4-6-14-25/h7-12,16H,2-6,13-15H2,1H3,(H,24,27). The molecule has 0 aromatic heterocycles. The van der Waals surface area contributed by atoms with Gasteiger partial charge in [-0.25, -0.2) is 4.79 Å². The number of nitrogens with one attached hydrogen (secondary N) is 1. The third kappa shape index (κ3) is 5.81. The summed E-state index contributed by atoms with van der Waals surface area (Å²) in [5, 5.41) is 14.3. The van der Waals surface area contributed by atoms with Gasteiger partial charge in [-0.05, 0) is 62.1 Å². The highest BCUT2D eigenvalue weighted by Gasteiger charge is 2.23. The molecule has 1 N–H and O–H groups in total. The van der Waals surface area contributed by atoms with Crippen molar-refractivity contribution in [3.63, 3.8) is 0 Å². The average molecular weight is 425 g/mol. The van der Waals surface area contributed by atoms with Gasteiger partial charge >= 0.3 is 5.97 Å². The number of nitro benzene ring substituents is 1. The summed E-state index contributed by atoms with van der Waals surface area (Å²) in [6.07, 6.45) is 4.88. The van der Waals surface area contributed by atoms with Crippen LogP contribution in [0.4, 0.5) is 17.1 Å². The first-order valence-electron chi connectivity index (χ1n) is 10.6. The summed E-state index contributed by atoms with van der Waals surface area (Å²) in [5.74, 6) is -0.859. The first kappa shape index (κ1) is 22.3. The van der Waals surface area contributed by atoms with Crippen molar-refractivity contribution in [3.05, 3.63) is 63.7 Å². The number of benzene rings is 2. The molecular weight excluding hydrogens is 398 g/mol. The molecule has 8 nitrogen and oxygen atoms in total. The molecule has 164 valence electrons. The molecule has 1 aliphatic rings. The van der Waals surface area contributed by atoms with Gasteiger partial charge in [-0.1, -0.05) is 13.3 Å². The topological polar surface area (TPSA) is 102 Å². The van der Waals surface area contributed by atoms with Crippen molar-refractivity contribution in [1.29, 1.82) is 0 Å². The monoisotopic (exact) mass is 425 g/mol. The molecule has 1 saturated heterocycles. The zero-order valence-corrected chi connectivity index (χ0v) is 17.6. The molecule has 1 amide bonds. The van der Waals surface area contributed by atoms with Crippen LogP contribution >= 0.6 is 0 Å². The molecule has 1 fully saturated rings. The molecule has 0 aliphatic carbocycles. The summed E-state index contributed by atoms with van der Waals surface area (Å²) < 4.78 is 5.16. The fourth-order valence-corrected chi connectivity index (χ4v) is 3.50. The fraction of sp³-hybridized carbons (Fsp3) is 0.391. The van der Waals surface area contributed by atoms with Crippen LogP contribution in [0.15, 0.2) is 42.5 Å². The summed E-state index contributed by atoms with van der Waals surface area (Å²) in [5.41, 5.74) is 1.57. The molecule has 0 bridgehead atoms. The maximum atomic E-state index is 12.6. The minimum Gasteiger partial charge on any atom is -0.462 e. The second-order valence-electron chi connectivity index (χ2n) is 7.53. The second kappa shape index (κ2) is 10.6. The Kier molecular flexibility index (Phi) is 7.59. The summed E-state index contributed by atoms with van der Waals surface area (Å²) in [6, 6.07) is 10.9. The third-order valence-electron chi connectivity index (χ3n) is 5.24. The van der Waals surface area contributed by atoms with Gasteiger partial charge in [0.1, 0.15) is 5.69 Å². The first-order valence-corrected chi connectivity index (χ1v) is 10.6. The Bertz CT molecular complexity index is 937. The molecule has 2 aromatic rings. The van der Waals surface area contributed by atoms with Crippen LogP contribution in [-0.4, -0.2) is 36.5 Å². The normalized spacial score (nSPS) is 13.5. The number of esters is 1. The molecule has 0 unspecified atom stereocenters. The van der Waals surface area contributed by atoms with Crippen molar-refractivity contribution in [2.24, 2.45) is 0 Å². The smallest absolute Gasteiger partial charge is 0.338 e. The predicted octanol–water partition coefficient (Wildman–Crippen LogP) is 4.79. The molecule has 1 aliphatic heterocycles. The van der Waals surface area contributed by atoms with Crippen LogP contribution in [0.2, 0.25) is 0 Å². The SMILES string of the molecule is CCCCOC(=O)c1ccc(NC(=O)c2ccc(N3CCCCC3)c([N+](=O)[O-])c2)cc1. The Balaban J connectivity index is 1.69. The lowest BCUT2D eigenvalue weighted by molar-refractivity contribution is -0.384. The van der Waals surface area contributed by atoms with Crippen LogP contribution in [0.1, 0.15) is 59.7 Å². The Morgan fingerprint density at radius 1 is 1.06 bits per heavy atom. The minimum atomic E-state index is -0.452. The number of anilines is 2. The summed E-state index contributed by atoms with van der Waals surface area (Å²) in [4.78, 5) is 37.7. The maximum absolute atomic E-state index is 12.6. The van der Waals surface area contributed by atoms with Crippen molar-refractivity contribution < 1.29 is 19.2 Å². The van der Waals surface area contributed by atoms with Crippen molar-refractivity contribution in [3.8, 4) is 0 Å². The number of piperidine rings is 1. The molecule has 3 rings (SSSR count). The van der Waals surface area contributed by atoms with E-state index in [1.165, 1.54) is 6.07 Å². The van der Waals surface area contributed by atoms with Gasteiger partial charge in [0.25, 0.3) is 11.6 Å². The van der Waals surface area contributed by atoms with Gasteiger partial charge in [-0.15, -0.1) is 0 Å². The highest BCUT2D eigenvalue weighted by molar-refractivity contribution is 6.05. The second-order valence-corrected chi connectivity index (χ2v) is 7.53. The molecule has 2 aromatic carbocycles. The molecule has 31 heavy (non-hydrogen) atoms. The molecule has 0 spiro atoms. The lowest BCUT2D eigenvalue weighted by Gasteiger charge is -2.28. The summed E-state index contributed by atoms with van der Waals surface area (Å²) >= 11 is 0. The number of nitro groups is 1. The molecular formula is C23H27N3O5. The van der Waals surface area contributed by atoms with E-state index in [1.54, 1.807) is 36.4 Å². The lowest BCUT2D eigenvalue weighted by atomic mass is 10.1. The van der Waals surface area contributed by atoms with E-state index in [-0.39, 0.29) is 11.3 Å². The summed E-state index contributed by atoms with van der Waals surface area (Å²) in [6.45, 7) is 3.94. The van der Waals surface area contributed by atoms with E-state index in [2.05, 4.69) is 5.32 Å². The average Bonchev–Trinajstić information content (AvgIpc) is 2.79. The Morgan fingerprint density at radius 2 is 1.74 bits per heavy atom. The number of carbonyl (C=O) groups is 2. The number of ether oxygens (including phenoxy) is 1. The van der Waals surface area contributed by atoms with Crippen molar-refractivity contribution in [2.75, 3.05) is 29.9 Å². The Hall–Kier alpha value is -3.42. The third-order valence-corrected chi connectivity index (χ3v) is 5.24. The van der Waals surface area contributed by atoms with Gasteiger partial charge in [-0.3, -0.25) is 14.9 Å². The maximum Gasteiger partial charge on any atom is 0.338 e. The molecule has 8 heteroatoms. The highest BCUT2D eigenvalue weighted by Crippen LogP contribution is 2.31. The lowest BCUT2D eigenvalue weighted by Crippen LogP contribution is -2.30. The van der Waals surface area contributed by atoms with Gasteiger partial charge < -0.3 is 15.0 Å². The number of carbonyl (C=O) groups excluding carboxylic acids is 2. The van der Waals surface area contributed by atoms with Crippen molar-refractivity contribution in [1.82, 2.24) is 0 Å². The zero-order valence-electron chi connectivity index (χ0n) is 17.6. The molecule has 1 heterocycles. The van der Waals surface area contributed by atoms with Gasteiger partial charge in [0.2, 0.25) is 0 Å². The van der Waals surface area contributed by atoms with Gasteiger partial charge in [0.05, 0.1) is 17.1 Å². The van der Waals surface area contributed by atoms with Crippen LogP contribution in [0, 0.1) is 10.1 Å². The van der Waals surface area contributed by atoms with Gasteiger partial charge in [0, 0.05) is 30.4 Å². The highest BCUT2D eigenvalue weighted by atomic mass is 16.6. The van der Waals surface area contributed by atoms with E-state index in [0.29, 0.717) is 23.5 Å². The van der Waals surface area contributed by atoms with Crippen LogP contribution in [0.3, 0.4) is 0 Å². The zero-order chi connectivity index (χ0) is 22.2. The van der Waals surface area contributed by atoms with Crippen LogP contribution in [-0.2, 0) is 4.74 Å². The van der Waals surface area contributed by atoms with Gasteiger partial charge in [-0.2, -0.15) is 0 Å². The number of nitrogens with zero attached hydrogens (tertiary/aromatic N) is 2. The number of rotatable bonds is 8. The van der Waals surface area contributed by atoms with E-state index in [4.69, 9.17) is 4.74 Å². The van der Waals surface area contributed by atoms with E-state index in [0.717, 1.165) is 45.2 Å². The van der Waals surface area contributed by atoms with E-state index in [9.17, 15) is 19.7 Å². The Morgan fingerprint density at radius 3 is 2.39 bits per heavy atom. The quantitative estimate of drug-likeness (QED) is 0.282. The van der Waals surface area contributed by atoms with Gasteiger partial charge in [0.15, 0.2) is 0 Å². The number of unbranched alkanes of at least 4 members (excludes halogenated alkanes) is 1. The van der Waals surface area contributed by atoms with E-state index in [1.807, 2.05) is 11.8 Å². The van der Waals surface area contributed by atoms with E-state index >= 15 is 0 Å². The fourth-order valence-electron chi connectivity index (χ4n) is 3.50. The first-order chi connectivity index (χ1) is 15.0. The minimum absolute atomic E-state index is 0.0697. The van der Waals surface area contributed by atoms with Crippen molar-refractivity contribution >= 4 is 28.9 Å². The molecule has 0 radical (unpaired) electrons. The van der Waals surface area contributed by atoms with E-state index < -0.39 is 16.8 Å². The summed E-state index contributed by atoms with van der Waals surface area (Å²) in [7, 11) is 0. The largest absolute Gasteiger partial charge is 0.462 e. The molecule has 0 atom stereocenters. The Labute approximate surface area is 181 Å².